The molecule has 1 aliphatic heterocycles. The number of aromatic nitrogens is 2. The molecule has 0 bridgehead atoms. The van der Waals surface area contributed by atoms with Crippen molar-refractivity contribution in [1.82, 2.24) is 9.78 Å². The van der Waals surface area contributed by atoms with Crippen molar-refractivity contribution in [3.05, 3.63) is 95.3 Å². The molecule has 6 rings (SSSR count). The first-order valence-corrected chi connectivity index (χ1v) is 14.2. The summed E-state index contributed by atoms with van der Waals surface area (Å²) < 4.78 is 8.00. The number of nitrogens with zero attached hydrogens (tertiary/aromatic N) is 3. The summed E-state index contributed by atoms with van der Waals surface area (Å²) in [5, 5.41) is 7.87. The molecule has 212 valence electrons. The third-order valence-electron chi connectivity index (χ3n) is 8.24. The summed E-state index contributed by atoms with van der Waals surface area (Å²) in [5.74, 6) is 2.17. The Kier molecular flexibility index (Phi) is 8.53. The minimum Gasteiger partial charge on any atom is -0.493 e. The van der Waals surface area contributed by atoms with E-state index in [0.717, 1.165) is 41.2 Å². The minimum atomic E-state index is 0.184. The van der Waals surface area contributed by atoms with Gasteiger partial charge in [-0.05, 0) is 90.6 Å². The number of carbonyl (C=O) groups excluding carboxylic acids is 2. The lowest BCUT2D eigenvalue weighted by Gasteiger charge is -2.30. The van der Waals surface area contributed by atoms with E-state index in [-0.39, 0.29) is 5.91 Å². The SMILES string of the molecule is C=O.CNc1cccc(Cn2cc(-c3cccc4c3C3CC3CN4C(=O)CCCOc3cccc(C)c3C)cn2)c1. The number of amides is 1. The number of hydrogen-bond donors (Lipinski definition) is 1. The summed E-state index contributed by atoms with van der Waals surface area (Å²) in [4.78, 5) is 23.4. The summed E-state index contributed by atoms with van der Waals surface area (Å²) in [6.45, 7) is 8.24. The number of anilines is 2. The van der Waals surface area contributed by atoms with Gasteiger partial charge in [0.2, 0.25) is 5.91 Å². The Morgan fingerprint density at radius 3 is 2.73 bits per heavy atom. The van der Waals surface area contributed by atoms with Gasteiger partial charge in [-0.3, -0.25) is 9.48 Å². The molecular weight excluding hydrogens is 512 g/mol. The average molecular weight is 551 g/mol. The molecule has 3 aromatic carbocycles. The van der Waals surface area contributed by atoms with E-state index in [0.29, 0.717) is 37.8 Å². The van der Waals surface area contributed by atoms with Gasteiger partial charge in [0.05, 0.1) is 19.3 Å². The number of nitrogens with one attached hydrogen (secondary N) is 1. The molecule has 2 unspecified atom stereocenters. The van der Waals surface area contributed by atoms with E-state index in [2.05, 4.69) is 79.0 Å². The smallest absolute Gasteiger partial charge is 0.227 e. The van der Waals surface area contributed by atoms with Crippen LogP contribution in [0, 0.1) is 19.8 Å². The molecule has 4 aromatic rings. The van der Waals surface area contributed by atoms with Crippen molar-refractivity contribution in [1.29, 1.82) is 0 Å². The van der Waals surface area contributed by atoms with Crippen molar-refractivity contribution in [2.45, 2.75) is 45.6 Å². The molecule has 1 N–H and O–H groups in total. The van der Waals surface area contributed by atoms with Gasteiger partial charge in [0.25, 0.3) is 0 Å². The number of benzene rings is 3. The van der Waals surface area contributed by atoms with Crippen LogP contribution in [0.15, 0.2) is 73.1 Å². The fourth-order valence-corrected chi connectivity index (χ4v) is 5.82. The van der Waals surface area contributed by atoms with Crippen molar-refractivity contribution < 1.29 is 14.3 Å². The molecule has 0 saturated heterocycles. The first-order chi connectivity index (χ1) is 20.0. The zero-order valence-corrected chi connectivity index (χ0v) is 24.1. The lowest BCUT2D eigenvalue weighted by Crippen LogP contribution is -2.36. The maximum atomic E-state index is 13.4. The number of ether oxygens (including phenoxy) is 1. The van der Waals surface area contributed by atoms with Crippen LogP contribution in [0.3, 0.4) is 0 Å². The lowest BCUT2D eigenvalue weighted by molar-refractivity contribution is -0.119. The number of rotatable bonds is 9. The molecule has 2 atom stereocenters. The molecule has 2 heterocycles. The molecule has 7 heteroatoms. The third kappa shape index (κ3) is 6.04. The zero-order chi connectivity index (χ0) is 28.9. The Hall–Kier alpha value is -4.39. The molecule has 1 aromatic heterocycles. The highest BCUT2D eigenvalue weighted by molar-refractivity contribution is 5.96. The predicted octanol–water partition coefficient (Wildman–Crippen LogP) is 6.38. The maximum Gasteiger partial charge on any atom is 0.227 e. The minimum absolute atomic E-state index is 0.184. The normalized spacial score (nSPS) is 16.6. The Morgan fingerprint density at radius 1 is 1.10 bits per heavy atom. The van der Waals surface area contributed by atoms with E-state index in [1.165, 1.54) is 22.3 Å². The highest BCUT2D eigenvalue weighted by atomic mass is 16.5. The average Bonchev–Trinajstić information content (AvgIpc) is 3.66. The van der Waals surface area contributed by atoms with E-state index < -0.39 is 0 Å². The second-order valence-corrected chi connectivity index (χ2v) is 10.9. The fourth-order valence-electron chi connectivity index (χ4n) is 5.82. The van der Waals surface area contributed by atoms with Crippen LogP contribution in [-0.2, 0) is 16.1 Å². The monoisotopic (exact) mass is 550 g/mol. The number of fused-ring (bicyclic) bond motifs is 3. The van der Waals surface area contributed by atoms with Crippen LogP contribution >= 0.6 is 0 Å². The topological polar surface area (TPSA) is 76.5 Å². The van der Waals surface area contributed by atoms with E-state index in [9.17, 15) is 4.79 Å². The van der Waals surface area contributed by atoms with E-state index in [1.807, 2.05) is 41.7 Å². The van der Waals surface area contributed by atoms with Crippen LogP contribution in [0.4, 0.5) is 11.4 Å². The van der Waals surface area contributed by atoms with Gasteiger partial charge in [0.15, 0.2) is 0 Å². The van der Waals surface area contributed by atoms with Crippen LogP contribution in [0.1, 0.15) is 47.4 Å². The molecule has 0 radical (unpaired) electrons. The van der Waals surface area contributed by atoms with Crippen molar-refractivity contribution >= 4 is 24.1 Å². The van der Waals surface area contributed by atoms with Crippen LogP contribution in [0.5, 0.6) is 5.75 Å². The second kappa shape index (κ2) is 12.4. The fraction of sp³-hybridized carbons (Fsp3) is 0.324. The first kappa shape index (κ1) is 28.1. The Labute approximate surface area is 242 Å². The van der Waals surface area contributed by atoms with Gasteiger partial charge in [0.1, 0.15) is 12.5 Å². The van der Waals surface area contributed by atoms with Crippen molar-refractivity contribution in [3.8, 4) is 16.9 Å². The molecule has 1 fully saturated rings. The summed E-state index contributed by atoms with van der Waals surface area (Å²) in [6, 6.07) is 20.9. The van der Waals surface area contributed by atoms with Gasteiger partial charge in [-0.1, -0.05) is 36.4 Å². The summed E-state index contributed by atoms with van der Waals surface area (Å²) >= 11 is 0. The van der Waals surface area contributed by atoms with Gasteiger partial charge < -0.3 is 19.7 Å². The maximum absolute atomic E-state index is 13.4. The van der Waals surface area contributed by atoms with Gasteiger partial charge >= 0.3 is 0 Å². The van der Waals surface area contributed by atoms with E-state index in [1.54, 1.807) is 0 Å². The third-order valence-corrected chi connectivity index (χ3v) is 8.24. The Bertz CT molecular complexity index is 1530. The number of aryl methyl sites for hydroxylation is 1. The van der Waals surface area contributed by atoms with E-state index >= 15 is 0 Å². The van der Waals surface area contributed by atoms with Gasteiger partial charge in [-0.2, -0.15) is 5.10 Å². The molecule has 1 saturated carbocycles. The number of hydrogen-bond acceptors (Lipinski definition) is 5. The molecule has 2 aliphatic rings. The van der Waals surface area contributed by atoms with E-state index in [4.69, 9.17) is 9.53 Å². The largest absolute Gasteiger partial charge is 0.493 e. The summed E-state index contributed by atoms with van der Waals surface area (Å²) in [5.41, 5.74) is 9.37. The van der Waals surface area contributed by atoms with Crippen LogP contribution in [0.25, 0.3) is 11.1 Å². The first-order valence-electron chi connectivity index (χ1n) is 14.2. The molecule has 0 spiro atoms. The highest BCUT2D eigenvalue weighted by Gasteiger charge is 2.47. The highest BCUT2D eigenvalue weighted by Crippen LogP contribution is 2.57. The molecular formula is C34H38N4O3. The Balaban J connectivity index is 0.00000165. The van der Waals surface area contributed by atoms with Crippen molar-refractivity contribution in [2.24, 2.45) is 5.92 Å². The molecule has 41 heavy (non-hydrogen) atoms. The summed E-state index contributed by atoms with van der Waals surface area (Å²) in [6.07, 6.45) is 6.42. The molecule has 1 aliphatic carbocycles. The van der Waals surface area contributed by atoms with Gasteiger partial charge in [0, 0.05) is 43.1 Å². The van der Waals surface area contributed by atoms with Crippen molar-refractivity contribution in [3.63, 3.8) is 0 Å². The Morgan fingerprint density at radius 2 is 1.90 bits per heavy atom. The van der Waals surface area contributed by atoms with Gasteiger partial charge in [-0.15, -0.1) is 0 Å². The second-order valence-electron chi connectivity index (χ2n) is 10.9. The number of carbonyl (C=O) groups is 2. The zero-order valence-electron chi connectivity index (χ0n) is 24.1. The lowest BCUT2D eigenvalue weighted by atomic mass is 9.92. The van der Waals surface area contributed by atoms with Crippen molar-refractivity contribution in [2.75, 3.05) is 30.4 Å². The van der Waals surface area contributed by atoms with Crippen LogP contribution < -0.4 is 15.0 Å². The van der Waals surface area contributed by atoms with Gasteiger partial charge in [-0.25, -0.2) is 0 Å². The molecule has 7 nitrogen and oxygen atoms in total. The summed E-state index contributed by atoms with van der Waals surface area (Å²) in [7, 11) is 1.93. The standard InChI is InChI=1S/C33H36N4O2.CH2O/c1-22-8-4-13-31(23(22)2)39-15-7-14-32(38)37-21-25-17-29(25)33-28(11-6-12-30(33)37)26-18-35-36(20-26)19-24-9-5-10-27(16-24)34-3;1-2/h4-6,8-13,16,18,20,25,29,34H,7,14-15,17,19,21H2,1-3H3;1H2. The quantitative estimate of drug-likeness (QED) is 0.245. The van der Waals surface area contributed by atoms with Crippen LogP contribution in [0.2, 0.25) is 0 Å². The molecule has 1 amide bonds. The predicted molar refractivity (Wildman–Crippen MR) is 164 cm³/mol. The van der Waals surface area contributed by atoms with Crippen LogP contribution in [-0.4, -0.2) is 42.7 Å².